The maximum atomic E-state index is 12.9. The van der Waals surface area contributed by atoms with Crippen LogP contribution in [0.4, 0.5) is 0 Å². The van der Waals surface area contributed by atoms with E-state index in [2.05, 4.69) is 98.9 Å². The second-order valence-electron chi connectivity index (χ2n) is 22.7. The SMILES string of the molecule is CC/C=C\C/C=C\C/C=C\C/C=C\C/C=C\C/C=C\C/C=C\CCCCCCCCCCCCCC(=O)OC(COC(=O)CCCCCCCCCCCCCCCCCCCCCC)COC(OCC[N+](C)(C)C)C(=O)[O-]. The van der Waals surface area contributed by atoms with E-state index in [9.17, 15) is 19.5 Å². The monoisotopic (exact) mass is 1090 g/mol. The summed E-state index contributed by atoms with van der Waals surface area (Å²) in [6.45, 7) is 4.66. The topological polar surface area (TPSA) is 111 Å². The van der Waals surface area contributed by atoms with Crippen LogP contribution in [0.15, 0.2) is 85.1 Å². The molecule has 78 heavy (non-hydrogen) atoms. The summed E-state index contributed by atoms with van der Waals surface area (Å²) < 4.78 is 22.8. The first-order chi connectivity index (χ1) is 38.1. The van der Waals surface area contributed by atoms with E-state index in [0.29, 0.717) is 23.9 Å². The van der Waals surface area contributed by atoms with E-state index in [1.54, 1.807) is 0 Å². The lowest BCUT2D eigenvalue weighted by molar-refractivity contribution is -0.870. The number of likely N-dealkylation sites (N-methyl/N-ethyl adjacent to an activating group) is 1. The molecule has 0 amide bonds. The molecule has 0 rings (SSSR count). The van der Waals surface area contributed by atoms with Crippen LogP contribution in [0.1, 0.15) is 277 Å². The molecule has 0 saturated carbocycles. The number of hydrogen-bond donors (Lipinski definition) is 0. The first kappa shape index (κ1) is 74.5. The molecule has 0 radical (unpaired) electrons. The van der Waals surface area contributed by atoms with Crippen molar-refractivity contribution in [2.45, 2.75) is 289 Å². The average Bonchev–Trinajstić information content (AvgIpc) is 3.41. The lowest BCUT2D eigenvalue weighted by Crippen LogP contribution is -2.44. The summed E-state index contributed by atoms with van der Waals surface area (Å²) >= 11 is 0. The summed E-state index contributed by atoms with van der Waals surface area (Å²) in [5.41, 5.74) is 0. The van der Waals surface area contributed by atoms with Gasteiger partial charge in [0.1, 0.15) is 13.2 Å². The third-order valence-electron chi connectivity index (χ3n) is 13.9. The zero-order valence-electron chi connectivity index (χ0n) is 51.3. The largest absolute Gasteiger partial charge is 0.545 e. The normalized spacial score (nSPS) is 13.3. The average molecular weight is 1090 g/mol. The zero-order valence-corrected chi connectivity index (χ0v) is 51.3. The van der Waals surface area contributed by atoms with Crippen LogP contribution in [0, 0.1) is 0 Å². The molecule has 0 N–H and O–H groups in total. The molecule has 0 heterocycles. The smallest absolute Gasteiger partial charge is 0.306 e. The van der Waals surface area contributed by atoms with E-state index in [0.717, 1.165) is 89.9 Å². The number of ether oxygens (including phenoxy) is 4. The highest BCUT2D eigenvalue weighted by Gasteiger charge is 2.22. The first-order valence-electron chi connectivity index (χ1n) is 32.2. The molecular weight excluding hydrogens is 971 g/mol. The van der Waals surface area contributed by atoms with Crippen molar-refractivity contribution in [3.8, 4) is 0 Å². The number of hydrogen-bond acceptors (Lipinski definition) is 8. The molecule has 0 saturated heterocycles. The first-order valence-corrected chi connectivity index (χ1v) is 32.2. The Kier molecular flexibility index (Phi) is 56.9. The number of carbonyl (C=O) groups excluding carboxylic acids is 3. The van der Waals surface area contributed by atoms with E-state index in [-0.39, 0.29) is 32.2 Å². The van der Waals surface area contributed by atoms with Gasteiger partial charge in [-0.2, -0.15) is 0 Å². The molecule has 9 heteroatoms. The fraction of sp³-hybridized carbons (Fsp3) is 0.754. The molecule has 0 aromatic rings. The summed E-state index contributed by atoms with van der Waals surface area (Å²) in [4.78, 5) is 37.4. The Morgan fingerprint density at radius 1 is 0.397 bits per heavy atom. The van der Waals surface area contributed by atoms with Crippen molar-refractivity contribution in [3.63, 3.8) is 0 Å². The molecule has 0 aliphatic carbocycles. The van der Waals surface area contributed by atoms with Gasteiger partial charge in [-0.3, -0.25) is 9.59 Å². The van der Waals surface area contributed by atoms with Gasteiger partial charge in [-0.05, 0) is 70.6 Å². The minimum atomic E-state index is -1.62. The minimum absolute atomic E-state index is 0.146. The van der Waals surface area contributed by atoms with Gasteiger partial charge in [-0.15, -0.1) is 0 Å². The number of aliphatic carboxylic acids is 1. The van der Waals surface area contributed by atoms with Gasteiger partial charge in [0.15, 0.2) is 12.4 Å². The van der Waals surface area contributed by atoms with Gasteiger partial charge in [-0.1, -0.05) is 279 Å². The summed E-state index contributed by atoms with van der Waals surface area (Å²) in [6, 6.07) is 0. The number of carbonyl (C=O) groups is 3. The molecule has 0 bridgehead atoms. The fourth-order valence-corrected chi connectivity index (χ4v) is 8.99. The molecular formula is C69H121NO8. The number of quaternary nitrogens is 1. The van der Waals surface area contributed by atoms with E-state index in [1.807, 2.05) is 21.1 Å². The maximum Gasteiger partial charge on any atom is 0.306 e. The highest BCUT2D eigenvalue weighted by Crippen LogP contribution is 2.17. The van der Waals surface area contributed by atoms with Gasteiger partial charge in [0.05, 0.1) is 40.3 Å². The van der Waals surface area contributed by atoms with Crippen molar-refractivity contribution in [1.29, 1.82) is 0 Å². The minimum Gasteiger partial charge on any atom is -0.545 e. The van der Waals surface area contributed by atoms with Gasteiger partial charge in [-0.25, -0.2) is 0 Å². The summed E-state index contributed by atoms with van der Waals surface area (Å²) in [5, 5.41) is 11.8. The second kappa shape index (κ2) is 59.6. The summed E-state index contributed by atoms with van der Waals surface area (Å²) in [7, 11) is 5.93. The van der Waals surface area contributed by atoms with E-state index in [4.69, 9.17) is 18.9 Å². The summed E-state index contributed by atoms with van der Waals surface area (Å²) in [5.74, 6) is -2.28. The molecule has 0 aliphatic heterocycles. The van der Waals surface area contributed by atoms with Crippen molar-refractivity contribution in [3.05, 3.63) is 85.1 Å². The molecule has 0 aromatic carbocycles. The molecule has 2 unspecified atom stereocenters. The summed E-state index contributed by atoms with van der Waals surface area (Å²) in [6.07, 6.45) is 76.4. The van der Waals surface area contributed by atoms with Crippen LogP contribution < -0.4 is 5.11 Å². The molecule has 450 valence electrons. The number of carboxylic acid groups (broad SMARTS) is 1. The van der Waals surface area contributed by atoms with Crippen LogP contribution in [-0.4, -0.2) is 82.3 Å². The number of unbranched alkanes of at least 4 members (excludes halogenated alkanes) is 30. The van der Waals surface area contributed by atoms with Crippen molar-refractivity contribution in [1.82, 2.24) is 0 Å². The Balaban J connectivity index is 4.17. The Morgan fingerprint density at radius 3 is 1.09 bits per heavy atom. The van der Waals surface area contributed by atoms with Gasteiger partial charge < -0.3 is 33.3 Å². The maximum absolute atomic E-state index is 12.9. The van der Waals surface area contributed by atoms with Crippen molar-refractivity contribution < 1.29 is 42.9 Å². The van der Waals surface area contributed by atoms with Gasteiger partial charge in [0, 0.05) is 12.8 Å². The van der Waals surface area contributed by atoms with E-state index in [1.165, 1.54) is 154 Å². The van der Waals surface area contributed by atoms with Crippen molar-refractivity contribution in [2.75, 3.05) is 47.5 Å². The van der Waals surface area contributed by atoms with Crippen LogP contribution >= 0.6 is 0 Å². The highest BCUT2D eigenvalue weighted by molar-refractivity contribution is 5.70. The third kappa shape index (κ3) is 60.1. The van der Waals surface area contributed by atoms with Crippen LogP contribution in [0.3, 0.4) is 0 Å². The predicted octanol–water partition coefficient (Wildman–Crippen LogP) is 18.2. The standard InChI is InChI=1S/C69H121NO8/c1-6-8-10-12-14-16-18-20-22-24-26-28-29-30-31-32-33-34-35-36-37-38-39-40-42-44-46-48-50-52-54-56-58-60-67(72)78-65(64-77-69(68(73)74)75-62-61-70(3,4)5)63-76-66(71)59-57-55-53-51-49-47-45-43-41-27-25-23-21-19-17-15-13-11-9-7-2/h8,10,14,16,20,22,26,28,30-31,33-34,36-37,65,69H,6-7,9,11-13,15,17-19,21,23-25,27,29,32,35,38-64H2,1-5H3/b10-8-,16-14-,22-20-,28-26-,31-30-,34-33-,37-36-. The quantitative estimate of drug-likeness (QED) is 0.0195. The number of allylic oxidation sites excluding steroid dienone is 14. The molecule has 0 aromatic heterocycles. The second-order valence-corrected chi connectivity index (χ2v) is 22.7. The highest BCUT2D eigenvalue weighted by atomic mass is 16.7. The van der Waals surface area contributed by atoms with Crippen molar-refractivity contribution >= 4 is 17.9 Å². The molecule has 0 aliphatic rings. The van der Waals surface area contributed by atoms with E-state index < -0.39 is 24.3 Å². The number of carboxylic acids is 1. The van der Waals surface area contributed by atoms with Crippen LogP contribution in [0.25, 0.3) is 0 Å². The molecule has 9 nitrogen and oxygen atoms in total. The lowest BCUT2D eigenvalue weighted by Gasteiger charge is -2.26. The van der Waals surface area contributed by atoms with E-state index >= 15 is 0 Å². The van der Waals surface area contributed by atoms with Gasteiger partial charge in [0.2, 0.25) is 0 Å². The van der Waals surface area contributed by atoms with Gasteiger partial charge in [0.25, 0.3) is 0 Å². The molecule has 2 atom stereocenters. The van der Waals surface area contributed by atoms with Gasteiger partial charge >= 0.3 is 11.9 Å². The zero-order chi connectivity index (χ0) is 56.9. The van der Waals surface area contributed by atoms with Crippen LogP contribution in [-0.2, 0) is 33.3 Å². The Labute approximate surface area is 480 Å². The Bertz CT molecular complexity index is 1550. The molecule has 0 spiro atoms. The van der Waals surface area contributed by atoms with Crippen LogP contribution in [0.2, 0.25) is 0 Å². The number of esters is 2. The lowest BCUT2D eigenvalue weighted by atomic mass is 10.0. The molecule has 0 fully saturated rings. The fourth-order valence-electron chi connectivity index (χ4n) is 8.99. The Morgan fingerprint density at radius 2 is 0.731 bits per heavy atom. The predicted molar refractivity (Wildman–Crippen MR) is 329 cm³/mol. The number of nitrogens with zero attached hydrogens (tertiary/aromatic N) is 1. The Hall–Kier alpha value is -3.53. The number of rotatable bonds is 59. The van der Waals surface area contributed by atoms with Crippen LogP contribution in [0.5, 0.6) is 0 Å². The van der Waals surface area contributed by atoms with Crippen molar-refractivity contribution in [2.24, 2.45) is 0 Å². The third-order valence-corrected chi connectivity index (χ3v) is 13.9.